The van der Waals surface area contributed by atoms with Crippen LogP contribution in [0.25, 0.3) is 0 Å². The van der Waals surface area contributed by atoms with Gasteiger partial charge in [0.2, 0.25) is 0 Å². The molecular weight excluding hydrogens is 270 g/mol. The van der Waals surface area contributed by atoms with E-state index in [1.54, 1.807) is 0 Å². The topological polar surface area (TPSA) is 42.9 Å². The van der Waals surface area contributed by atoms with E-state index >= 15 is 0 Å². The van der Waals surface area contributed by atoms with Crippen LogP contribution in [-0.2, 0) is 9.53 Å². The monoisotopic (exact) mass is 290 g/mol. The van der Waals surface area contributed by atoms with E-state index in [4.69, 9.17) is 4.74 Å². The Morgan fingerprint density at radius 2 is 2.06 bits per heavy atom. The van der Waals surface area contributed by atoms with Crippen LogP contribution in [0.3, 0.4) is 0 Å². The molecule has 3 nitrogen and oxygen atoms in total. The van der Waals surface area contributed by atoms with Gasteiger partial charge in [0.25, 0.3) is 0 Å². The number of carbonyl (C=O) groups is 1. The van der Waals surface area contributed by atoms with Crippen LogP contribution in [0.5, 0.6) is 0 Å². The molecule has 0 aromatic heterocycles. The van der Waals surface area contributed by atoms with Crippen LogP contribution in [0, 0.1) is 5.92 Å². The van der Waals surface area contributed by atoms with E-state index in [0.717, 1.165) is 25.9 Å². The summed E-state index contributed by atoms with van der Waals surface area (Å²) in [6, 6.07) is 0. The molecule has 0 aromatic rings. The molecule has 0 saturated carbocycles. The third kappa shape index (κ3) is 3.59. The van der Waals surface area contributed by atoms with Gasteiger partial charge in [-0.3, -0.25) is 0 Å². The maximum Gasteiger partial charge on any atom is 0.334 e. The summed E-state index contributed by atoms with van der Waals surface area (Å²) in [6.07, 6.45) is 2.22. The third-order valence-corrected chi connectivity index (χ3v) is 3.90. The molecule has 0 unspecified atom stereocenters. The first kappa shape index (κ1) is 13.7. The van der Waals surface area contributed by atoms with Gasteiger partial charge in [0.1, 0.15) is 5.60 Å². The van der Waals surface area contributed by atoms with Crippen LogP contribution < -0.4 is 5.32 Å². The maximum atomic E-state index is 11.7. The highest BCUT2D eigenvalue weighted by Crippen LogP contribution is 2.28. The van der Waals surface area contributed by atoms with Gasteiger partial charge >= 0.3 is 5.97 Å². The Morgan fingerprint density at radius 1 is 1.50 bits per heavy atom. The quantitative estimate of drug-likeness (QED) is 0.481. The number of rotatable bonds is 4. The highest BCUT2D eigenvalue weighted by molar-refractivity contribution is 9.09. The Balaban J connectivity index is 2.55. The zero-order chi connectivity index (χ0) is 12.2. The summed E-state index contributed by atoms with van der Waals surface area (Å²) < 4.78 is 5.55. The molecule has 1 aliphatic heterocycles. The van der Waals surface area contributed by atoms with E-state index in [0.29, 0.717) is 16.8 Å². The Labute approximate surface area is 106 Å². The van der Waals surface area contributed by atoms with Crippen molar-refractivity contribution in [1.29, 1.82) is 0 Å². The van der Waals surface area contributed by atoms with Crippen molar-refractivity contribution < 1.29 is 14.8 Å². The van der Waals surface area contributed by atoms with Crippen molar-refractivity contribution in [2.75, 3.05) is 18.4 Å². The second-order valence-corrected chi connectivity index (χ2v) is 5.43. The average molecular weight is 291 g/mol. The smallest absolute Gasteiger partial charge is 0.334 e. The van der Waals surface area contributed by atoms with E-state index in [2.05, 4.69) is 27.8 Å². The van der Waals surface area contributed by atoms with Gasteiger partial charge in [0, 0.05) is 29.7 Å². The normalized spacial score (nSPS) is 18.2. The highest BCUT2D eigenvalue weighted by Gasteiger charge is 2.35. The number of ether oxygens (including phenoxy) is 1. The molecule has 2 N–H and O–H groups in total. The fourth-order valence-corrected chi connectivity index (χ4v) is 2.30. The van der Waals surface area contributed by atoms with Crippen molar-refractivity contribution >= 4 is 21.9 Å². The Bertz CT molecular complexity index is 270. The fourth-order valence-electron chi connectivity index (χ4n) is 2.07. The second-order valence-electron chi connectivity index (χ2n) is 4.87. The summed E-state index contributed by atoms with van der Waals surface area (Å²) in [5.74, 6) is 0.181. The molecule has 0 aliphatic carbocycles. The molecule has 0 aromatic carbocycles. The molecule has 0 atom stereocenters. The molecule has 1 heterocycles. The van der Waals surface area contributed by atoms with Crippen molar-refractivity contribution in [1.82, 2.24) is 0 Å². The van der Waals surface area contributed by atoms with Gasteiger partial charge in [-0.2, -0.15) is 0 Å². The number of alkyl halides is 1. The molecular formula is C12H21BrNO2+. The summed E-state index contributed by atoms with van der Waals surface area (Å²) in [4.78, 5) is 11.7. The fraction of sp³-hybridized carbons (Fsp3) is 0.750. The predicted octanol–water partition coefficient (Wildman–Crippen LogP) is 1.23. The van der Waals surface area contributed by atoms with Gasteiger partial charge in [-0.1, -0.05) is 22.5 Å². The standard InChI is InChI=1S/C12H20BrNO2/c1-9(8-13)11(15)16-12(2,3)10-4-6-14-7-5-10/h10,14H,1,4-8H2,2-3H3/p+1. The minimum Gasteiger partial charge on any atom is -0.456 e. The lowest BCUT2D eigenvalue weighted by molar-refractivity contribution is -0.665. The number of hydrogen-bond acceptors (Lipinski definition) is 2. The van der Waals surface area contributed by atoms with E-state index < -0.39 is 0 Å². The molecule has 1 rings (SSSR count). The summed E-state index contributed by atoms with van der Waals surface area (Å²) in [7, 11) is 0. The Kier molecular flexibility index (Phi) is 4.99. The van der Waals surface area contributed by atoms with Crippen molar-refractivity contribution in [3.8, 4) is 0 Å². The van der Waals surface area contributed by atoms with E-state index in [9.17, 15) is 4.79 Å². The number of halogens is 1. The van der Waals surface area contributed by atoms with Crippen LogP contribution in [0.15, 0.2) is 12.2 Å². The SMILES string of the molecule is C=C(CBr)C(=O)OC(C)(C)C1CC[NH2+]CC1. The lowest BCUT2D eigenvalue weighted by Gasteiger charge is -2.35. The Hall–Kier alpha value is -0.350. The van der Waals surface area contributed by atoms with Crippen molar-refractivity contribution in [2.45, 2.75) is 32.3 Å². The van der Waals surface area contributed by atoms with Crippen LogP contribution in [0.1, 0.15) is 26.7 Å². The number of piperidine rings is 1. The van der Waals surface area contributed by atoms with Crippen molar-refractivity contribution in [2.24, 2.45) is 5.92 Å². The molecule has 0 amide bonds. The van der Waals surface area contributed by atoms with E-state index in [1.807, 2.05) is 13.8 Å². The van der Waals surface area contributed by atoms with Crippen molar-refractivity contribution in [3.05, 3.63) is 12.2 Å². The minimum atomic E-state index is -0.379. The van der Waals surface area contributed by atoms with E-state index in [-0.39, 0.29) is 11.6 Å². The number of hydrogen-bond donors (Lipinski definition) is 1. The molecule has 0 spiro atoms. The first-order valence-electron chi connectivity index (χ1n) is 5.76. The summed E-state index contributed by atoms with van der Waals surface area (Å²) in [6.45, 7) is 9.94. The van der Waals surface area contributed by atoms with Crippen molar-refractivity contribution in [3.63, 3.8) is 0 Å². The minimum absolute atomic E-state index is 0.281. The Morgan fingerprint density at radius 3 is 2.56 bits per heavy atom. The number of quaternary nitrogens is 1. The van der Waals surface area contributed by atoms with Gasteiger partial charge < -0.3 is 10.1 Å². The number of esters is 1. The van der Waals surface area contributed by atoms with Crippen LogP contribution in [0.4, 0.5) is 0 Å². The lowest BCUT2D eigenvalue weighted by atomic mass is 9.83. The van der Waals surface area contributed by atoms with Gasteiger partial charge in [0.15, 0.2) is 0 Å². The molecule has 1 fully saturated rings. The van der Waals surface area contributed by atoms with Crippen LogP contribution in [0.2, 0.25) is 0 Å². The highest BCUT2D eigenvalue weighted by atomic mass is 79.9. The molecule has 1 aliphatic rings. The summed E-state index contributed by atoms with van der Waals surface area (Å²) >= 11 is 3.21. The first-order chi connectivity index (χ1) is 7.47. The summed E-state index contributed by atoms with van der Waals surface area (Å²) in [5, 5.41) is 2.78. The molecule has 92 valence electrons. The van der Waals surface area contributed by atoms with Gasteiger partial charge in [-0.15, -0.1) is 0 Å². The van der Waals surface area contributed by atoms with Gasteiger partial charge in [0.05, 0.1) is 13.1 Å². The maximum absolute atomic E-state index is 11.7. The molecule has 16 heavy (non-hydrogen) atoms. The molecule has 0 bridgehead atoms. The molecule has 0 radical (unpaired) electrons. The van der Waals surface area contributed by atoms with Crippen LogP contribution in [-0.4, -0.2) is 30.0 Å². The summed E-state index contributed by atoms with van der Waals surface area (Å²) in [5.41, 5.74) is 0.103. The third-order valence-electron chi connectivity index (χ3n) is 3.23. The average Bonchev–Trinajstić information content (AvgIpc) is 2.28. The lowest BCUT2D eigenvalue weighted by Crippen LogP contribution is -2.86. The zero-order valence-corrected chi connectivity index (χ0v) is 11.7. The van der Waals surface area contributed by atoms with E-state index in [1.165, 1.54) is 0 Å². The second kappa shape index (κ2) is 5.82. The molecule has 1 saturated heterocycles. The first-order valence-corrected chi connectivity index (χ1v) is 6.88. The van der Waals surface area contributed by atoms with Gasteiger partial charge in [-0.05, 0) is 13.8 Å². The largest absolute Gasteiger partial charge is 0.456 e. The number of carbonyl (C=O) groups excluding carboxylic acids is 1. The van der Waals surface area contributed by atoms with Gasteiger partial charge in [-0.25, -0.2) is 4.79 Å². The predicted molar refractivity (Wildman–Crippen MR) is 67.5 cm³/mol. The molecule has 4 heteroatoms. The number of nitrogens with two attached hydrogens (primary N) is 1. The zero-order valence-electron chi connectivity index (χ0n) is 10.1. The van der Waals surface area contributed by atoms with Crippen LogP contribution >= 0.6 is 15.9 Å².